The second kappa shape index (κ2) is 4.14. The summed E-state index contributed by atoms with van der Waals surface area (Å²) in [4.78, 5) is 0. The van der Waals surface area contributed by atoms with Crippen LogP contribution in [0.1, 0.15) is 24.1 Å². The summed E-state index contributed by atoms with van der Waals surface area (Å²) >= 11 is 0. The molecule has 5 heteroatoms. The van der Waals surface area contributed by atoms with Crippen LogP contribution in [0.25, 0.3) is 0 Å². The summed E-state index contributed by atoms with van der Waals surface area (Å²) in [6, 6.07) is 2.58. The summed E-state index contributed by atoms with van der Waals surface area (Å²) in [5.41, 5.74) is 1.42. The highest BCUT2D eigenvalue weighted by molar-refractivity contribution is 5.55. The third-order valence-corrected chi connectivity index (χ3v) is 3.10. The molecule has 1 aromatic rings. The quantitative estimate of drug-likeness (QED) is 0.831. The molecule has 0 amide bonds. The Hall–Kier alpha value is -1.54. The molecule has 1 aliphatic carbocycles. The van der Waals surface area contributed by atoms with E-state index >= 15 is 0 Å². The summed E-state index contributed by atoms with van der Waals surface area (Å²) in [7, 11) is 3.58. The van der Waals surface area contributed by atoms with Gasteiger partial charge in [-0.2, -0.15) is 10.4 Å². The average Bonchev–Trinajstić information content (AvgIpc) is 2.46. The number of aromatic nitrogens is 2. The molecular formula is C11H16N4O. The van der Waals surface area contributed by atoms with Crippen molar-refractivity contribution in [1.29, 1.82) is 5.26 Å². The number of ether oxygens (including phenoxy) is 1. The van der Waals surface area contributed by atoms with Gasteiger partial charge in [0.1, 0.15) is 17.5 Å². The van der Waals surface area contributed by atoms with Crippen LogP contribution in [0.15, 0.2) is 0 Å². The third-order valence-electron chi connectivity index (χ3n) is 3.10. The van der Waals surface area contributed by atoms with Crippen molar-refractivity contribution in [2.75, 3.05) is 12.4 Å². The number of methoxy groups -OCH3 is 1. The molecule has 86 valence electrons. The molecule has 0 atom stereocenters. The maximum atomic E-state index is 9.05. The zero-order chi connectivity index (χ0) is 11.7. The van der Waals surface area contributed by atoms with E-state index in [1.54, 1.807) is 11.8 Å². The van der Waals surface area contributed by atoms with E-state index in [4.69, 9.17) is 10.00 Å². The fourth-order valence-corrected chi connectivity index (χ4v) is 2.03. The molecule has 0 radical (unpaired) electrons. The lowest BCUT2D eigenvalue weighted by atomic mass is 9.89. The van der Waals surface area contributed by atoms with E-state index in [1.165, 1.54) is 0 Å². The van der Waals surface area contributed by atoms with Crippen molar-refractivity contribution in [1.82, 2.24) is 9.78 Å². The van der Waals surface area contributed by atoms with Crippen molar-refractivity contribution < 1.29 is 4.74 Å². The summed E-state index contributed by atoms with van der Waals surface area (Å²) in [6.07, 6.45) is 2.34. The number of aryl methyl sites for hydroxylation is 2. The van der Waals surface area contributed by atoms with Crippen molar-refractivity contribution in [3.63, 3.8) is 0 Å². The molecule has 0 bridgehead atoms. The van der Waals surface area contributed by atoms with Crippen molar-refractivity contribution in [3.05, 3.63) is 11.3 Å². The summed E-state index contributed by atoms with van der Waals surface area (Å²) in [5, 5.41) is 16.6. The van der Waals surface area contributed by atoms with Crippen LogP contribution in [0, 0.1) is 18.3 Å². The lowest BCUT2D eigenvalue weighted by Crippen LogP contribution is -2.40. The Bertz CT molecular complexity index is 426. The Balaban J connectivity index is 2.08. The van der Waals surface area contributed by atoms with Gasteiger partial charge in [0.2, 0.25) is 0 Å². The van der Waals surface area contributed by atoms with E-state index in [0.717, 1.165) is 24.4 Å². The molecule has 1 saturated carbocycles. The Morgan fingerprint density at radius 2 is 2.25 bits per heavy atom. The van der Waals surface area contributed by atoms with Gasteiger partial charge < -0.3 is 10.1 Å². The molecular weight excluding hydrogens is 204 g/mol. The number of hydrogen-bond acceptors (Lipinski definition) is 4. The van der Waals surface area contributed by atoms with E-state index in [0.29, 0.717) is 17.7 Å². The van der Waals surface area contributed by atoms with Crippen molar-refractivity contribution in [2.24, 2.45) is 7.05 Å². The van der Waals surface area contributed by atoms with Crippen molar-refractivity contribution in [3.8, 4) is 6.07 Å². The van der Waals surface area contributed by atoms with E-state index in [1.807, 2.05) is 14.0 Å². The Kier molecular flexibility index (Phi) is 2.84. The average molecular weight is 220 g/mol. The minimum atomic E-state index is 0.359. The lowest BCUT2D eigenvalue weighted by molar-refractivity contribution is 0.0327. The van der Waals surface area contributed by atoms with E-state index in [-0.39, 0.29) is 0 Å². The van der Waals surface area contributed by atoms with Crippen molar-refractivity contribution >= 4 is 5.82 Å². The van der Waals surface area contributed by atoms with Gasteiger partial charge in [-0.1, -0.05) is 0 Å². The van der Waals surface area contributed by atoms with E-state index in [2.05, 4.69) is 16.5 Å². The topological polar surface area (TPSA) is 62.9 Å². The monoisotopic (exact) mass is 220 g/mol. The van der Waals surface area contributed by atoms with E-state index < -0.39 is 0 Å². The Labute approximate surface area is 95.0 Å². The number of nitrogens with zero attached hydrogens (tertiary/aromatic N) is 3. The SMILES string of the molecule is COC1CC(Nc2c(C#N)c(C)nn2C)C1. The highest BCUT2D eigenvalue weighted by Crippen LogP contribution is 2.28. The van der Waals surface area contributed by atoms with Gasteiger partial charge in [0.15, 0.2) is 0 Å². The van der Waals surface area contributed by atoms with Crippen LogP contribution >= 0.6 is 0 Å². The molecule has 1 aliphatic rings. The molecule has 1 aromatic heterocycles. The zero-order valence-corrected chi connectivity index (χ0v) is 9.82. The summed E-state index contributed by atoms with van der Waals surface area (Å²) in [5.74, 6) is 0.819. The molecule has 0 aliphatic heterocycles. The highest BCUT2D eigenvalue weighted by atomic mass is 16.5. The van der Waals surface area contributed by atoms with E-state index in [9.17, 15) is 0 Å². The highest BCUT2D eigenvalue weighted by Gasteiger charge is 2.30. The molecule has 16 heavy (non-hydrogen) atoms. The fraction of sp³-hybridized carbons (Fsp3) is 0.636. The summed E-state index contributed by atoms with van der Waals surface area (Å²) in [6.45, 7) is 1.85. The normalized spacial score (nSPS) is 23.6. The first-order valence-corrected chi connectivity index (χ1v) is 5.38. The maximum Gasteiger partial charge on any atom is 0.142 e. The molecule has 0 aromatic carbocycles. The second-order valence-corrected chi connectivity index (χ2v) is 4.21. The van der Waals surface area contributed by atoms with Crippen LogP contribution in [-0.2, 0) is 11.8 Å². The Morgan fingerprint density at radius 3 is 2.81 bits per heavy atom. The van der Waals surface area contributed by atoms with Crippen LogP contribution in [0.2, 0.25) is 0 Å². The van der Waals surface area contributed by atoms with Gasteiger partial charge in [-0.15, -0.1) is 0 Å². The largest absolute Gasteiger partial charge is 0.381 e. The van der Waals surface area contributed by atoms with Gasteiger partial charge in [0.25, 0.3) is 0 Å². The molecule has 1 N–H and O–H groups in total. The molecule has 0 unspecified atom stereocenters. The standard InChI is InChI=1S/C11H16N4O/c1-7-10(6-12)11(15(2)14-7)13-8-4-9(5-8)16-3/h8-9,13H,4-5H2,1-3H3. The third kappa shape index (κ3) is 1.76. The molecule has 1 fully saturated rings. The predicted molar refractivity (Wildman–Crippen MR) is 60.1 cm³/mol. The molecule has 2 rings (SSSR count). The molecule has 5 nitrogen and oxygen atoms in total. The first-order valence-electron chi connectivity index (χ1n) is 5.38. The van der Waals surface area contributed by atoms with Gasteiger partial charge in [-0.05, 0) is 19.8 Å². The number of anilines is 1. The fourth-order valence-electron chi connectivity index (χ4n) is 2.03. The van der Waals surface area contributed by atoms with Gasteiger partial charge in [-0.3, -0.25) is 4.68 Å². The van der Waals surface area contributed by atoms with Crippen LogP contribution in [0.5, 0.6) is 0 Å². The summed E-state index contributed by atoms with van der Waals surface area (Å²) < 4.78 is 6.95. The number of rotatable bonds is 3. The number of nitriles is 1. The number of nitrogens with one attached hydrogen (secondary N) is 1. The van der Waals surface area contributed by atoms with Gasteiger partial charge in [-0.25, -0.2) is 0 Å². The van der Waals surface area contributed by atoms with Crippen LogP contribution < -0.4 is 5.32 Å². The van der Waals surface area contributed by atoms with Crippen LogP contribution in [-0.4, -0.2) is 29.0 Å². The van der Waals surface area contributed by atoms with Crippen LogP contribution in [0.4, 0.5) is 5.82 Å². The minimum Gasteiger partial charge on any atom is -0.381 e. The van der Waals surface area contributed by atoms with Gasteiger partial charge >= 0.3 is 0 Å². The lowest BCUT2D eigenvalue weighted by Gasteiger charge is -2.35. The zero-order valence-electron chi connectivity index (χ0n) is 9.82. The molecule has 0 saturated heterocycles. The molecule has 0 spiro atoms. The van der Waals surface area contributed by atoms with Crippen LogP contribution in [0.3, 0.4) is 0 Å². The Morgan fingerprint density at radius 1 is 1.56 bits per heavy atom. The van der Waals surface area contributed by atoms with Gasteiger partial charge in [0, 0.05) is 20.2 Å². The van der Waals surface area contributed by atoms with Gasteiger partial charge in [0.05, 0.1) is 11.8 Å². The minimum absolute atomic E-state index is 0.359. The predicted octanol–water partition coefficient (Wildman–Crippen LogP) is 1.19. The smallest absolute Gasteiger partial charge is 0.142 e. The first-order chi connectivity index (χ1) is 7.65. The molecule has 1 heterocycles. The number of hydrogen-bond donors (Lipinski definition) is 1. The first kappa shape index (κ1) is 11.0. The maximum absolute atomic E-state index is 9.05. The van der Waals surface area contributed by atoms with Crippen molar-refractivity contribution in [2.45, 2.75) is 31.9 Å². The second-order valence-electron chi connectivity index (χ2n) is 4.21.